The van der Waals surface area contributed by atoms with Crippen LogP contribution in [0.5, 0.6) is 0 Å². The van der Waals surface area contributed by atoms with Crippen molar-refractivity contribution in [2.75, 3.05) is 0 Å². The molecule has 0 aliphatic carbocycles. The molecule has 0 unspecified atom stereocenters. The second kappa shape index (κ2) is 7.04. The van der Waals surface area contributed by atoms with E-state index in [1.165, 1.54) is 16.5 Å². The minimum absolute atomic E-state index is 1.12. The van der Waals surface area contributed by atoms with E-state index >= 15 is 0 Å². The normalized spacial score (nSPS) is 8.94. The first-order chi connectivity index (χ1) is 7.70. The summed E-state index contributed by atoms with van der Waals surface area (Å²) in [5.41, 5.74) is 3.64. The summed E-state index contributed by atoms with van der Waals surface area (Å²) in [6.45, 7) is 12.2. The van der Waals surface area contributed by atoms with Gasteiger partial charge >= 0.3 is 0 Å². The van der Waals surface area contributed by atoms with Crippen molar-refractivity contribution in [1.82, 2.24) is 9.78 Å². The quantitative estimate of drug-likeness (QED) is 0.649. The highest BCUT2D eigenvalue weighted by molar-refractivity contribution is 5.84. The Hall–Kier alpha value is -1.31. The van der Waals surface area contributed by atoms with Crippen LogP contribution in [-0.2, 0) is 7.05 Å². The van der Waals surface area contributed by atoms with Crippen LogP contribution in [0, 0.1) is 13.8 Å². The third-order valence-electron chi connectivity index (χ3n) is 2.26. The van der Waals surface area contributed by atoms with E-state index in [4.69, 9.17) is 0 Å². The summed E-state index contributed by atoms with van der Waals surface area (Å²) in [6, 6.07) is 6.29. The second-order valence-corrected chi connectivity index (χ2v) is 3.18. The first-order valence-corrected chi connectivity index (χ1v) is 6.09. The monoisotopic (exact) mass is 220 g/mol. The topological polar surface area (TPSA) is 17.8 Å². The second-order valence-electron chi connectivity index (χ2n) is 3.18. The molecule has 0 bridgehead atoms. The van der Waals surface area contributed by atoms with Gasteiger partial charge < -0.3 is 0 Å². The molecule has 0 N–H and O–H groups in total. The molecule has 0 aliphatic heterocycles. The molecule has 1 heterocycles. The van der Waals surface area contributed by atoms with E-state index in [1.807, 2.05) is 39.4 Å². The molecule has 0 fully saturated rings. The summed E-state index contributed by atoms with van der Waals surface area (Å²) in [6.07, 6.45) is 0. The van der Waals surface area contributed by atoms with Crippen molar-refractivity contribution in [1.29, 1.82) is 0 Å². The Labute approximate surface area is 99.3 Å². The van der Waals surface area contributed by atoms with Gasteiger partial charge in [-0.1, -0.05) is 39.8 Å². The lowest BCUT2D eigenvalue weighted by molar-refractivity contribution is 0.783. The fraction of sp³-hybridized carbons (Fsp3) is 0.500. The van der Waals surface area contributed by atoms with Gasteiger partial charge in [0.1, 0.15) is 0 Å². The van der Waals surface area contributed by atoms with Crippen molar-refractivity contribution in [3.8, 4) is 0 Å². The lowest BCUT2D eigenvalue weighted by Crippen LogP contribution is -1.88. The SMILES string of the molecule is CC.CC.Cc1cccc2c1c(C)nn2C. The summed E-state index contributed by atoms with van der Waals surface area (Å²) < 4.78 is 1.93. The van der Waals surface area contributed by atoms with Crippen LogP contribution in [0.1, 0.15) is 39.0 Å². The van der Waals surface area contributed by atoms with Crippen LogP contribution >= 0.6 is 0 Å². The van der Waals surface area contributed by atoms with Gasteiger partial charge in [0.25, 0.3) is 0 Å². The first kappa shape index (κ1) is 14.7. The van der Waals surface area contributed by atoms with Gasteiger partial charge in [-0.25, -0.2) is 0 Å². The number of benzene rings is 1. The molecule has 0 atom stereocenters. The predicted molar refractivity (Wildman–Crippen MR) is 72.9 cm³/mol. The van der Waals surface area contributed by atoms with Crippen molar-refractivity contribution >= 4 is 10.9 Å². The molecule has 0 amide bonds. The molecule has 2 aromatic rings. The molecule has 0 spiro atoms. The van der Waals surface area contributed by atoms with Gasteiger partial charge in [0.2, 0.25) is 0 Å². The van der Waals surface area contributed by atoms with E-state index in [-0.39, 0.29) is 0 Å². The average molecular weight is 220 g/mol. The van der Waals surface area contributed by atoms with Gasteiger partial charge in [0.15, 0.2) is 0 Å². The number of hydrogen-bond acceptors (Lipinski definition) is 1. The van der Waals surface area contributed by atoms with Gasteiger partial charge in [-0.15, -0.1) is 0 Å². The highest BCUT2D eigenvalue weighted by atomic mass is 15.3. The van der Waals surface area contributed by atoms with Crippen LogP contribution in [0.2, 0.25) is 0 Å². The summed E-state index contributed by atoms with van der Waals surface area (Å²) in [5.74, 6) is 0. The standard InChI is InChI=1S/C10H12N2.2C2H6/c1-7-5-4-6-9-10(7)8(2)11-12(9)3;2*1-2/h4-6H,1-3H3;2*1-2H3. The highest BCUT2D eigenvalue weighted by Crippen LogP contribution is 2.20. The third-order valence-corrected chi connectivity index (χ3v) is 2.26. The van der Waals surface area contributed by atoms with Crippen LogP contribution in [-0.4, -0.2) is 9.78 Å². The Morgan fingerprint density at radius 2 is 1.56 bits per heavy atom. The fourth-order valence-corrected chi connectivity index (χ4v) is 1.72. The van der Waals surface area contributed by atoms with Gasteiger partial charge in [0.05, 0.1) is 11.2 Å². The molecule has 0 radical (unpaired) electrons. The zero-order chi connectivity index (χ0) is 12.7. The molecular weight excluding hydrogens is 196 g/mol. The number of aromatic nitrogens is 2. The smallest absolute Gasteiger partial charge is 0.0684 e. The van der Waals surface area contributed by atoms with Crippen LogP contribution in [0.15, 0.2) is 18.2 Å². The van der Waals surface area contributed by atoms with Crippen LogP contribution in [0.4, 0.5) is 0 Å². The third kappa shape index (κ3) is 2.84. The molecule has 16 heavy (non-hydrogen) atoms. The van der Waals surface area contributed by atoms with E-state index in [0.717, 1.165) is 5.69 Å². The molecule has 2 nitrogen and oxygen atoms in total. The van der Waals surface area contributed by atoms with Crippen LogP contribution in [0.25, 0.3) is 10.9 Å². The van der Waals surface area contributed by atoms with Gasteiger partial charge in [-0.2, -0.15) is 5.10 Å². The van der Waals surface area contributed by atoms with E-state index in [0.29, 0.717) is 0 Å². The zero-order valence-corrected chi connectivity index (χ0v) is 11.6. The molecule has 1 aromatic heterocycles. The lowest BCUT2D eigenvalue weighted by Gasteiger charge is -1.95. The molecule has 2 heteroatoms. The highest BCUT2D eigenvalue weighted by Gasteiger charge is 2.05. The molecule has 90 valence electrons. The predicted octanol–water partition coefficient (Wildman–Crippen LogP) is 4.24. The number of nitrogens with zero attached hydrogens (tertiary/aromatic N) is 2. The Morgan fingerprint density at radius 1 is 1.00 bits per heavy atom. The summed E-state index contributed by atoms with van der Waals surface area (Å²) in [4.78, 5) is 0. The average Bonchev–Trinajstić information content (AvgIpc) is 2.61. The van der Waals surface area contributed by atoms with Crippen molar-refractivity contribution in [3.63, 3.8) is 0 Å². The van der Waals surface area contributed by atoms with Crippen molar-refractivity contribution in [3.05, 3.63) is 29.5 Å². The number of hydrogen-bond donors (Lipinski definition) is 0. The van der Waals surface area contributed by atoms with Gasteiger partial charge in [-0.3, -0.25) is 4.68 Å². The van der Waals surface area contributed by atoms with Crippen LogP contribution in [0.3, 0.4) is 0 Å². The Balaban J connectivity index is 0.000000509. The summed E-state index contributed by atoms with van der Waals surface area (Å²) in [5, 5.41) is 5.66. The van der Waals surface area contributed by atoms with Crippen LogP contribution < -0.4 is 0 Å². The molecule has 0 aliphatic rings. The Kier molecular flexibility index (Phi) is 6.47. The number of rotatable bonds is 0. The van der Waals surface area contributed by atoms with Crippen molar-refractivity contribution < 1.29 is 0 Å². The Bertz CT molecular complexity index is 427. The molecule has 2 rings (SSSR count). The van der Waals surface area contributed by atoms with E-state index in [9.17, 15) is 0 Å². The first-order valence-electron chi connectivity index (χ1n) is 6.09. The summed E-state index contributed by atoms with van der Waals surface area (Å²) >= 11 is 0. The minimum atomic E-state index is 1.12. The van der Waals surface area contributed by atoms with Gasteiger partial charge in [0, 0.05) is 12.4 Å². The molecular formula is C14H24N2. The largest absolute Gasteiger partial charge is 0.268 e. The maximum atomic E-state index is 4.37. The van der Waals surface area contributed by atoms with Crippen molar-refractivity contribution in [2.24, 2.45) is 7.05 Å². The molecule has 1 aromatic carbocycles. The fourth-order valence-electron chi connectivity index (χ4n) is 1.72. The zero-order valence-electron chi connectivity index (χ0n) is 11.6. The summed E-state index contributed by atoms with van der Waals surface area (Å²) in [7, 11) is 1.98. The van der Waals surface area contributed by atoms with Gasteiger partial charge in [-0.05, 0) is 25.5 Å². The van der Waals surface area contributed by atoms with E-state index in [2.05, 4.69) is 37.1 Å². The molecule has 0 saturated carbocycles. The number of aryl methyl sites for hydroxylation is 3. The van der Waals surface area contributed by atoms with E-state index < -0.39 is 0 Å². The minimum Gasteiger partial charge on any atom is -0.268 e. The number of fused-ring (bicyclic) bond motifs is 1. The lowest BCUT2D eigenvalue weighted by atomic mass is 10.1. The van der Waals surface area contributed by atoms with Crippen molar-refractivity contribution in [2.45, 2.75) is 41.5 Å². The Morgan fingerprint density at radius 3 is 2.06 bits per heavy atom. The maximum absolute atomic E-state index is 4.37. The molecule has 0 saturated heterocycles. The maximum Gasteiger partial charge on any atom is 0.0684 e. The van der Waals surface area contributed by atoms with E-state index in [1.54, 1.807) is 0 Å².